The van der Waals surface area contributed by atoms with Gasteiger partial charge in [0.2, 0.25) is 5.88 Å². The minimum Gasteiger partial charge on any atom is -0.481 e. The van der Waals surface area contributed by atoms with Gasteiger partial charge in [0.1, 0.15) is 5.82 Å². The van der Waals surface area contributed by atoms with Crippen molar-refractivity contribution in [3.05, 3.63) is 58.7 Å². The van der Waals surface area contributed by atoms with Crippen molar-refractivity contribution < 1.29 is 27.1 Å². The molecule has 0 radical (unpaired) electrons. The molecule has 1 aliphatic heterocycles. The molecule has 0 saturated carbocycles. The Morgan fingerprint density at radius 1 is 1.11 bits per heavy atom. The van der Waals surface area contributed by atoms with E-state index in [4.69, 9.17) is 4.74 Å². The number of amides is 1. The molecule has 4 heterocycles. The first-order valence-electron chi connectivity index (χ1n) is 11.1. The molecule has 0 bridgehead atoms. The first kappa shape index (κ1) is 23.8. The molecule has 36 heavy (non-hydrogen) atoms. The smallest absolute Gasteiger partial charge is 0.435 e. The van der Waals surface area contributed by atoms with E-state index in [1.807, 2.05) is 0 Å². The Morgan fingerprint density at radius 3 is 2.53 bits per heavy atom. The zero-order valence-electron chi connectivity index (χ0n) is 19.9. The predicted octanol–water partition coefficient (Wildman–Crippen LogP) is 4.29. The number of benzene rings is 1. The number of carbonyl (C=O) groups excluding carboxylic acids is 1. The molecule has 0 N–H and O–H groups in total. The monoisotopic (exact) mass is 502 g/mol. The van der Waals surface area contributed by atoms with Crippen LogP contribution in [0.15, 0.2) is 30.3 Å². The number of alkyl halides is 3. The van der Waals surface area contributed by atoms with E-state index in [0.717, 1.165) is 11.6 Å². The fourth-order valence-electron chi connectivity index (χ4n) is 4.78. The van der Waals surface area contributed by atoms with Crippen molar-refractivity contribution in [1.82, 2.24) is 29.4 Å². The van der Waals surface area contributed by atoms with Gasteiger partial charge in [-0.2, -0.15) is 23.4 Å². The number of methoxy groups -OCH3 is 1. The number of rotatable bonds is 3. The quantitative estimate of drug-likeness (QED) is 0.391. The summed E-state index contributed by atoms with van der Waals surface area (Å²) in [4.78, 5) is 19.6. The molecule has 1 amide bonds. The summed E-state index contributed by atoms with van der Waals surface area (Å²) in [6, 6.07) is 5.99. The van der Waals surface area contributed by atoms with Crippen LogP contribution < -0.4 is 4.74 Å². The van der Waals surface area contributed by atoms with Crippen molar-refractivity contribution in [2.45, 2.75) is 25.6 Å². The third-order valence-corrected chi connectivity index (χ3v) is 6.50. The maximum Gasteiger partial charge on any atom is 0.435 e. The van der Waals surface area contributed by atoms with Crippen molar-refractivity contribution in [3.8, 4) is 17.3 Å². The first-order valence-corrected chi connectivity index (χ1v) is 11.1. The lowest BCUT2D eigenvalue weighted by atomic mass is 9.96. The molecule has 8 nitrogen and oxygen atoms in total. The number of halogens is 4. The number of hydrogen-bond acceptors (Lipinski definition) is 5. The summed E-state index contributed by atoms with van der Waals surface area (Å²) in [5.41, 5.74) is 1.82. The second kappa shape index (κ2) is 8.32. The van der Waals surface area contributed by atoms with Gasteiger partial charge in [0.25, 0.3) is 5.91 Å². The average Bonchev–Trinajstić information content (AvgIpc) is 3.37. The molecule has 1 aromatic carbocycles. The molecule has 0 aliphatic carbocycles. The third kappa shape index (κ3) is 3.76. The maximum atomic E-state index is 14.0. The van der Waals surface area contributed by atoms with Crippen molar-refractivity contribution in [3.63, 3.8) is 0 Å². The van der Waals surface area contributed by atoms with E-state index in [2.05, 4.69) is 15.2 Å². The van der Waals surface area contributed by atoms with Gasteiger partial charge in [-0.05, 0) is 37.6 Å². The Bertz CT molecular complexity index is 1510. The molecule has 0 saturated heterocycles. The lowest BCUT2D eigenvalue weighted by molar-refractivity contribution is -0.141. The molecule has 0 spiro atoms. The Morgan fingerprint density at radius 2 is 1.86 bits per heavy atom. The highest BCUT2D eigenvalue weighted by Gasteiger charge is 2.38. The number of ether oxygens (including phenoxy) is 1. The normalized spacial score (nSPS) is 15.9. The molecule has 188 valence electrons. The van der Waals surface area contributed by atoms with Crippen LogP contribution in [0, 0.1) is 5.82 Å². The van der Waals surface area contributed by atoms with Crippen molar-refractivity contribution in [1.29, 1.82) is 0 Å². The van der Waals surface area contributed by atoms with Crippen LogP contribution in [0.1, 0.15) is 40.3 Å². The zero-order chi connectivity index (χ0) is 25.9. The van der Waals surface area contributed by atoms with Crippen LogP contribution in [-0.4, -0.2) is 49.0 Å². The van der Waals surface area contributed by atoms with Crippen molar-refractivity contribution in [2.24, 2.45) is 14.1 Å². The van der Waals surface area contributed by atoms with Gasteiger partial charge < -0.3 is 9.64 Å². The van der Waals surface area contributed by atoms with Crippen LogP contribution >= 0.6 is 0 Å². The summed E-state index contributed by atoms with van der Waals surface area (Å²) in [5, 5.41) is 8.54. The molecule has 3 aromatic heterocycles. The predicted molar refractivity (Wildman–Crippen MR) is 122 cm³/mol. The van der Waals surface area contributed by atoms with E-state index in [-0.39, 0.29) is 29.6 Å². The number of aryl methyl sites for hydroxylation is 2. The van der Waals surface area contributed by atoms with Gasteiger partial charge in [0.15, 0.2) is 5.69 Å². The standard InChI is InChI=1S/C24H22F4N6O2/c1-12-21-14(22(33(3)31-21)18-11-19(24(26,27)28)30-32(18)2)7-8-34(12)23(35)16-10-20(36-4)29-17-6-5-13(25)9-15(16)17/h5-6,9-12H,7-8H2,1-4H3. The van der Waals surface area contributed by atoms with Crippen LogP contribution in [0.4, 0.5) is 17.6 Å². The summed E-state index contributed by atoms with van der Waals surface area (Å²) in [6.45, 7) is 2.09. The Kier molecular flexibility index (Phi) is 5.49. The molecule has 1 atom stereocenters. The highest BCUT2D eigenvalue weighted by molar-refractivity contribution is 6.06. The van der Waals surface area contributed by atoms with Crippen LogP contribution in [0.3, 0.4) is 0 Å². The molecule has 0 fully saturated rings. The number of nitrogens with zero attached hydrogens (tertiary/aromatic N) is 6. The number of aromatic nitrogens is 5. The molecule has 4 aromatic rings. The highest BCUT2D eigenvalue weighted by Crippen LogP contribution is 2.38. The topological polar surface area (TPSA) is 78.1 Å². The summed E-state index contributed by atoms with van der Waals surface area (Å²) in [6.07, 6.45) is -4.20. The van der Waals surface area contributed by atoms with E-state index in [1.165, 1.54) is 47.8 Å². The van der Waals surface area contributed by atoms with Gasteiger partial charge in [0, 0.05) is 37.7 Å². The van der Waals surface area contributed by atoms with Gasteiger partial charge in [-0.25, -0.2) is 9.37 Å². The number of carbonyl (C=O) groups is 1. The second-order valence-corrected chi connectivity index (χ2v) is 8.67. The average molecular weight is 502 g/mol. The first-order chi connectivity index (χ1) is 17.0. The minimum atomic E-state index is -4.57. The Balaban J connectivity index is 1.55. The molecular weight excluding hydrogens is 480 g/mol. The summed E-state index contributed by atoms with van der Waals surface area (Å²) >= 11 is 0. The minimum absolute atomic E-state index is 0.222. The van der Waals surface area contributed by atoms with E-state index in [0.29, 0.717) is 28.7 Å². The molecule has 5 rings (SSSR count). The van der Waals surface area contributed by atoms with Crippen LogP contribution in [-0.2, 0) is 26.7 Å². The fourth-order valence-corrected chi connectivity index (χ4v) is 4.78. The zero-order valence-corrected chi connectivity index (χ0v) is 19.9. The maximum absolute atomic E-state index is 14.0. The lowest BCUT2D eigenvalue weighted by Gasteiger charge is -2.33. The van der Waals surface area contributed by atoms with E-state index in [9.17, 15) is 22.4 Å². The van der Waals surface area contributed by atoms with E-state index in [1.54, 1.807) is 18.9 Å². The third-order valence-electron chi connectivity index (χ3n) is 6.50. The Labute approximate surface area is 203 Å². The second-order valence-electron chi connectivity index (χ2n) is 8.67. The fraction of sp³-hybridized carbons (Fsp3) is 0.333. The SMILES string of the molecule is COc1cc(C(=O)N2CCc3c(nn(C)c3-c3cc(C(F)(F)F)nn3C)C2C)c2cc(F)ccc2n1. The molecule has 12 heteroatoms. The van der Waals surface area contributed by atoms with Crippen molar-refractivity contribution in [2.75, 3.05) is 13.7 Å². The van der Waals surface area contributed by atoms with Crippen molar-refractivity contribution >= 4 is 16.8 Å². The van der Waals surface area contributed by atoms with Crippen LogP contribution in [0.25, 0.3) is 22.3 Å². The Hall–Kier alpha value is -3.96. The van der Waals surface area contributed by atoms with Crippen LogP contribution in [0.5, 0.6) is 5.88 Å². The molecule has 1 unspecified atom stereocenters. The lowest BCUT2D eigenvalue weighted by Crippen LogP contribution is -2.39. The summed E-state index contributed by atoms with van der Waals surface area (Å²) < 4.78 is 61.7. The summed E-state index contributed by atoms with van der Waals surface area (Å²) in [5.74, 6) is -0.627. The van der Waals surface area contributed by atoms with E-state index < -0.39 is 23.7 Å². The van der Waals surface area contributed by atoms with Gasteiger partial charge in [-0.15, -0.1) is 0 Å². The molecule has 1 aliphatic rings. The number of hydrogen-bond donors (Lipinski definition) is 0. The number of fused-ring (bicyclic) bond motifs is 2. The van der Waals surface area contributed by atoms with Crippen LogP contribution in [0.2, 0.25) is 0 Å². The van der Waals surface area contributed by atoms with E-state index >= 15 is 0 Å². The highest BCUT2D eigenvalue weighted by atomic mass is 19.4. The van der Waals surface area contributed by atoms with Gasteiger partial charge in [-0.3, -0.25) is 14.2 Å². The van der Waals surface area contributed by atoms with Gasteiger partial charge in [0.05, 0.1) is 41.3 Å². The molecular formula is C24H22F4N6O2. The largest absolute Gasteiger partial charge is 0.481 e. The summed E-state index contributed by atoms with van der Waals surface area (Å²) in [7, 11) is 4.53. The van der Waals surface area contributed by atoms with Gasteiger partial charge >= 0.3 is 6.18 Å². The number of pyridine rings is 1. The van der Waals surface area contributed by atoms with Gasteiger partial charge in [-0.1, -0.05) is 0 Å².